The highest BCUT2D eigenvalue weighted by molar-refractivity contribution is 5.81. The summed E-state index contributed by atoms with van der Waals surface area (Å²) in [5, 5.41) is 15.5. The first-order valence-corrected chi connectivity index (χ1v) is 10.1. The number of esters is 1. The van der Waals surface area contributed by atoms with Gasteiger partial charge in [-0.1, -0.05) is 6.92 Å². The normalized spacial score (nSPS) is 22.4. The highest BCUT2D eigenvalue weighted by Gasteiger charge is 2.41. The van der Waals surface area contributed by atoms with Gasteiger partial charge in [0.15, 0.2) is 11.6 Å². The van der Waals surface area contributed by atoms with E-state index in [9.17, 15) is 4.79 Å². The van der Waals surface area contributed by atoms with Crippen LogP contribution in [0, 0.1) is 0 Å². The van der Waals surface area contributed by atoms with Gasteiger partial charge < -0.3 is 19.7 Å². The summed E-state index contributed by atoms with van der Waals surface area (Å²) in [5.41, 5.74) is 2.14. The van der Waals surface area contributed by atoms with Crippen molar-refractivity contribution in [1.29, 1.82) is 0 Å². The Morgan fingerprint density at radius 2 is 2.20 bits per heavy atom. The SMILES string of the molecule is COC(=O)[C@@H]1C[C@@H](OC)CN1c1nc(Nc2cc(C3(C)CC3)[nH]n2)c2cccn2n1. The summed E-state index contributed by atoms with van der Waals surface area (Å²) >= 11 is 0. The number of aromatic amines is 1. The van der Waals surface area contributed by atoms with Crippen molar-refractivity contribution in [2.75, 3.05) is 31.0 Å². The Labute approximate surface area is 173 Å². The van der Waals surface area contributed by atoms with E-state index in [1.807, 2.05) is 29.3 Å². The van der Waals surface area contributed by atoms with Gasteiger partial charge in [0, 0.05) is 43.4 Å². The van der Waals surface area contributed by atoms with Crippen LogP contribution < -0.4 is 10.2 Å². The molecule has 1 aliphatic heterocycles. The standard InChI is InChI=1S/C20H25N7O3/c1-20(6-7-20)15-10-16(24-23-15)21-17-13-5-4-8-27(13)25-19(22-17)26-11-12(29-2)9-14(26)18(28)30-3/h4-5,8,10,12,14H,6-7,9,11H2,1-3H3,(H2,21,22,23,24,25)/t12-,14+/m1/s1. The van der Waals surface area contributed by atoms with E-state index in [1.54, 1.807) is 11.6 Å². The summed E-state index contributed by atoms with van der Waals surface area (Å²) in [6, 6.07) is 5.37. The van der Waals surface area contributed by atoms with Gasteiger partial charge in [-0.15, -0.1) is 5.10 Å². The molecule has 0 radical (unpaired) electrons. The second kappa shape index (κ2) is 6.98. The molecule has 3 aromatic heterocycles. The Kier molecular flexibility index (Phi) is 4.39. The van der Waals surface area contributed by atoms with Crippen molar-refractivity contribution in [1.82, 2.24) is 24.8 Å². The van der Waals surface area contributed by atoms with E-state index in [0.29, 0.717) is 30.5 Å². The monoisotopic (exact) mass is 411 g/mol. The minimum atomic E-state index is -0.493. The third-order valence-electron chi connectivity index (χ3n) is 6.18. The molecular formula is C20H25N7O3. The first-order chi connectivity index (χ1) is 14.5. The molecule has 4 heterocycles. The van der Waals surface area contributed by atoms with Crippen LogP contribution >= 0.6 is 0 Å². The molecule has 0 unspecified atom stereocenters. The van der Waals surface area contributed by atoms with Crippen LogP contribution in [-0.2, 0) is 19.7 Å². The number of carbonyl (C=O) groups is 1. The average Bonchev–Trinajstić information content (AvgIpc) is 3.20. The molecule has 0 bridgehead atoms. The summed E-state index contributed by atoms with van der Waals surface area (Å²) in [7, 11) is 3.03. The lowest BCUT2D eigenvalue weighted by Crippen LogP contribution is -2.38. The van der Waals surface area contributed by atoms with E-state index < -0.39 is 6.04 Å². The zero-order valence-electron chi connectivity index (χ0n) is 17.3. The van der Waals surface area contributed by atoms with Crippen molar-refractivity contribution in [3.8, 4) is 0 Å². The Morgan fingerprint density at radius 1 is 1.37 bits per heavy atom. The van der Waals surface area contributed by atoms with Crippen molar-refractivity contribution in [3.63, 3.8) is 0 Å². The molecule has 0 amide bonds. The highest BCUT2D eigenvalue weighted by atomic mass is 16.5. The maximum atomic E-state index is 12.3. The molecule has 10 heteroatoms. The minimum absolute atomic E-state index is 0.0948. The van der Waals surface area contributed by atoms with Gasteiger partial charge in [-0.25, -0.2) is 9.31 Å². The number of fused-ring (bicyclic) bond motifs is 1. The number of methoxy groups -OCH3 is 2. The fourth-order valence-electron chi connectivity index (χ4n) is 3.96. The summed E-state index contributed by atoms with van der Waals surface area (Å²) in [6.07, 6.45) is 4.62. The number of ether oxygens (including phenoxy) is 2. The quantitative estimate of drug-likeness (QED) is 0.593. The van der Waals surface area contributed by atoms with Crippen LogP contribution in [0.25, 0.3) is 5.52 Å². The number of nitrogens with zero attached hydrogens (tertiary/aromatic N) is 5. The first kappa shape index (κ1) is 18.9. The fourth-order valence-corrected chi connectivity index (χ4v) is 3.96. The lowest BCUT2D eigenvalue weighted by Gasteiger charge is -2.22. The highest BCUT2D eigenvalue weighted by Crippen LogP contribution is 2.47. The Balaban J connectivity index is 1.49. The third kappa shape index (κ3) is 3.17. The van der Waals surface area contributed by atoms with Gasteiger partial charge in [0.1, 0.15) is 11.6 Å². The van der Waals surface area contributed by atoms with Gasteiger partial charge in [-0.3, -0.25) is 5.10 Å². The van der Waals surface area contributed by atoms with Crippen molar-refractivity contribution < 1.29 is 14.3 Å². The van der Waals surface area contributed by atoms with Gasteiger partial charge in [-0.2, -0.15) is 10.1 Å². The van der Waals surface area contributed by atoms with Gasteiger partial charge in [0.05, 0.1) is 13.2 Å². The largest absolute Gasteiger partial charge is 0.467 e. The van der Waals surface area contributed by atoms with E-state index in [-0.39, 0.29) is 17.5 Å². The molecule has 0 spiro atoms. The summed E-state index contributed by atoms with van der Waals surface area (Å²) in [6.45, 7) is 2.73. The smallest absolute Gasteiger partial charge is 0.328 e. The van der Waals surface area contributed by atoms with Gasteiger partial charge in [0.2, 0.25) is 5.95 Å². The van der Waals surface area contributed by atoms with Crippen molar-refractivity contribution in [2.24, 2.45) is 0 Å². The maximum absolute atomic E-state index is 12.3. The second-order valence-electron chi connectivity index (χ2n) is 8.24. The molecule has 1 saturated carbocycles. The van der Waals surface area contributed by atoms with E-state index in [0.717, 1.165) is 11.2 Å². The van der Waals surface area contributed by atoms with E-state index in [4.69, 9.17) is 14.5 Å². The van der Waals surface area contributed by atoms with E-state index >= 15 is 0 Å². The number of nitrogens with one attached hydrogen (secondary N) is 2. The number of rotatable bonds is 6. The lowest BCUT2D eigenvalue weighted by atomic mass is 10.1. The average molecular weight is 411 g/mol. The first-order valence-electron chi connectivity index (χ1n) is 10.1. The Bertz CT molecular complexity index is 1090. The van der Waals surface area contributed by atoms with Crippen molar-refractivity contribution in [2.45, 2.75) is 43.7 Å². The van der Waals surface area contributed by atoms with Crippen LogP contribution in [0.3, 0.4) is 0 Å². The van der Waals surface area contributed by atoms with Crippen LogP contribution in [0.4, 0.5) is 17.6 Å². The van der Waals surface area contributed by atoms with Crippen molar-refractivity contribution in [3.05, 3.63) is 30.1 Å². The van der Waals surface area contributed by atoms with Gasteiger partial charge in [0.25, 0.3) is 0 Å². The van der Waals surface area contributed by atoms with Crippen LogP contribution in [0.1, 0.15) is 31.9 Å². The van der Waals surface area contributed by atoms with Crippen LogP contribution in [0.15, 0.2) is 24.4 Å². The molecular weight excluding hydrogens is 386 g/mol. The maximum Gasteiger partial charge on any atom is 0.328 e. The third-order valence-corrected chi connectivity index (χ3v) is 6.18. The molecule has 2 atom stereocenters. The predicted molar refractivity (Wildman–Crippen MR) is 110 cm³/mol. The predicted octanol–water partition coefficient (Wildman–Crippen LogP) is 2.01. The molecule has 2 N–H and O–H groups in total. The summed E-state index contributed by atoms with van der Waals surface area (Å²) in [4.78, 5) is 18.9. The van der Waals surface area contributed by atoms with Crippen LogP contribution in [0.5, 0.6) is 0 Å². The molecule has 5 rings (SSSR count). The molecule has 2 aliphatic rings. The Hall–Kier alpha value is -3.14. The molecule has 2 fully saturated rings. The number of anilines is 3. The number of H-pyrrole nitrogens is 1. The topological polar surface area (TPSA) is 110 Å². The molecule has 158 valence electrons. The second-order valence-corrected chi connectivity index (χ2v) is 8.24. The van der Waals surface area contributed by atoms with Gasteiger partial charge in [-0.05, 0) is 25.0 Å². The molecule has 30 heavy (non-hydrogen) atoms. The number of hydrogen-bond donors (Lipinski definition) is 2. The van der Waals surface area contributed by atoms with E-state index in [1.165, 1.54) is 20.0 Å². The lowest BCUT2D eigenvalue weighted by molar-refractivity contribution is -0.142. The molecule has 3 aromatic rings. The zero-order chi connectivity index (χ0) is 20.9. The fraction of sp³-hybridized carbons (Fsp3) is 0.500. The Morgan fingerprint density at radius 3 is 2.93 bits per heavy atom. The molecule has 1 aliphatic carbocycles. The summed E-state index contributed by atoms with van der Waals surface area (Å²) in [5.74, 6) is 1.43. The number of aromatic nitrogens is 5. The molecule has 1 saturated heterocycles. The van der Waals surface area contributed by atoms with E-state index in [2.05, 4.69) is 27.5 Å². The van der Waals surface area contributed by atoms with Crippen molar-refractivity contribution >= 4 is 29.1 Å². The minimum Gasteiger partial charge on any atom is -0.467 e. The van der Waals surface area contributed by atoms with Crippen LogP contribution in [-0.4, -0.2) is 63.7 Å². The summed E-state index contributed by atoms with van der Waals surface area (Å²) < 4.78 is 12.2. The molecule has 0 aromatic carbocycles. The van der Waals surface area contributed by atoms with Crippen LogP contribution in [0.2, 0.25) is 0 Å². The zero-order valence-corrected chi connectivity index (χ0v) is 17.3. The number of hydrogen-bond acceptors (Lipinski definition) is 8. The number of carbonyl (C=O) groups excluding carboxylic acids is 1. The van der Waals surface area contributed by atoms with Gasteiger partial charge >= 0.3 is 5.97 Å². The molecule has 10 nitrogen and oxygen atoms in total.